The van der Waals surface area contributed by atoms with Crippen LogP contribution in [0.1, 0.15) is 24.8 Å². The Kier molecular flexibility index (Phi) is 8.61. The van der Waals surface area contributed by atoms with Gasteiger partial charge < -0.3 is 42.2 Å². The van der Waals surface area contributed by atoms with Crippen LogP contribution in [0.15, 0.2) is 30.5 Å². The van der Waals surface area contributed by atoms with E-state index >= 15 is 0 Å². The number of aromatic nitrogens is 1. The first-order valence-corrected chi connectivity index (χ1v) is 11.5. The summed E-state index contributed by atoms with van der Waals surface area (Å²) in [4.78, 5) is 65.5. The van der Waals surface area contributed by atoms with Crippen LogP contribution in [0.3, 0.4) is 0 Å². The fourth-order valence-electron chi connectivity index (χ4n) is 4.26. The van der Waals surface area contributed by atoms with Crippen molar-refractivity contribution in [3.8, 4) is 0 Å². The molecule has 4 amide bonds. The van der Waals surface area contributed by atoms with Gasteiger partial charge in [-0.2, -0.15) is 0 Å². The van der Waals surface area contributed by atoms with Gasteiger partial charge >= 0.3 is 5.97 Å². The van der Waals surface area contributed by atoms with E-state index in [-0.39, 0.29) is 19.4 Å². The van der Waals surface area contributed by atoms with Crippen molar-refractivity contribution >= 4 is 40.5 Å². The van der Waals surface area contributed by atoms with Crippen molar-refractivity contribution in [2.75, 3.05) is 13.2 Å². The van der Waals surface area contributed by atoms with Crippen LogP contribution in [0.4, 0.5) is 0 Å². The van der Waals surface area contributed by atoms with Gasteiger partial charge in [0.2, 0.25) is 23.6 Å². The molecule has 13 heteroatoms. The highest BCUT2D eigenvalue weighted by molar-refractivity contribution is 5.96. The number of carbonyl (C=O) groups excluding carboxylic acids is 4. The molecule has 36 heavy (non-hydrogen) atoms. The molecule has 4 unspecified atom stereocenters. The normalized spacial score (nSPS) is 17.8. The second-order valence-electron chi connectivity index (χ2n) is 8.67. The second kappa shape index (κ2) is 11.6. The maximum atomic E-state index is 12.9. The first-order chi connectivity index (χ1) is 17.1. The lowest BCUT2D eigenvalue weighted by atomic mass is 10.0. The Hall–Kier alpha value is -3.97. The molecule has 9 N–H and O–H groups in total. The van der Waals surface area contributed by atoms with E-state index in [1.165, 1.54) is 0 Å². The number of aliphatic hydroxyl groups excluding tert-OH is 1. The molecule has 1 fully saturated rings. The van der Waals surface area contributed by atoms with E-state index in [2.05, 4.69) is 15.6 Å². The molecule has 0 aliphatic carbocycles. The number of carboxylic acid groups (broad SMARTS) is 1. The molecule has 2 aromatic rings. The molecule has 1 aliphatic heterocycles. The molecule has 3 rings (SSSR count). The summed E-state index contributed by atoms with van der Waals surface area (Å²) in [7, 11) is 0. The van der Waals surface area contributed by atoms with Crippen molar-refractivity contribution in [1.82, 2.24) is 20.5 Å². The average molecular weight is 503 g/mol. The topological polar surface area (TPSA) is 221 Å². The van der Waals surface area contributed by atoms with Crippen LogP contribution in [0, 0.1) is 0 Å². The molecule has 0 bridgehead atoms. The highest BCUT2D eigenvalue weighted by Crippen LogP contribution is 2.20. The number of amides is 4. The molecule has 4 atom stereocenters. The lowest BCUT2D eigenvalue weighted by Crippen LogP contribution is -2.58. The fraction of sp³-hybridized carbons (Fsp3) is 0.435. The largest absolute Gasteiger partial charge is 0.480 e. The van der Waals surface area contributed by atoms with Crippen LogP contribution < -0.4 is 22.1 Å². The Morgan fingerprint density at radius 3 is 2.47 bits per heavy atom. The molecule has 194 valence electrons. The van der Waals surface area contributed by atoms with Gasteiger partial charge in [-0.25, -0.2) is 4.79 Å². The van der Waals surface area contributed by atoms with Gasteiger partial charge in [0, 0.05) is 23.6 Å². The number of carbonyl (C=O) groups is 5. The number of fused-ring (bicyclic) bond motifs is 1. The lowest BCUT2D eigenvalue weighted by molar-refractivity contribution is -0.150. The molecule has 1 aromatic carbocycles. The number of likely N-dealkylation sites (tertiary alicyclic amines) is 1. The van der Waals surface area contributed by atoms with Crippen molar-refractivity contribution < 1.29 is 34.2 Å². The van der Waals surface area contributed by atoms with Crippen molar-refractivity contribution in [1.29, 1.82) is 0 Å². The number of nitrogens with one attached hydrogen (secondary N) is 3. The molecule has 1 saturated heterocycles. The molecule has 0 radical (unpaired) electrons. The molecule has 2 heterocycles. The summed E-state index contributed by atoms with van der Waals surface area (Å²) < 4.78 is 0. The monoisotopic (exact) mass is 502 g/mol. The van der Waals surface area contributed by atoms with Crippen molar-refractivity contribution in [3.63, 3.8) is 0 Å². The Balaban J connectivity index is 1.66. The average Bonchev–Trinajstić information content (AvgIpc) is 3.49. The van der Waals surface area contributed by atoms with Crippen LogP contribution in [0.5, 0.6) is 0 Å². The minimum Gasteiger partial charge on any atom is -0.480 e. The number of nitrogens with two attached hydrogens (primary N) is 2. The summed E-state index contributed by atoms with van der Waals surface area (Å²) in [6.45, 7) is -0.656. The Morgan fingerprint density at radius 1 is 1.11 bits per heavy atom. The number of carboxylic acids is 1. The standard InChI is InChI=1S/C23H30N6O7/c24-14(8-12-10-26-15-5-2-1-4-13(12)15)20(32)27-16(9-19(25)31)21(33)28-17(11-30)22(34)29-7-3-6-18(29)23(35)36/h1-2,4-5,10,14,16-18,26,30H,3,6-9,11,24H2,(H2,25,31)(H,27,32)(H,28,33)(H,35,36). The number of hydrogen-bond acceptors (Lipinski definition) is 7. The number of aliphatic hydroxyl groups is 1. The zero-order valence-electron chi connectivity index (χ0n) is 19.5. The van der Waals surface area contributed by atoms with E-state index in [0.717, 1.165) is 21.4 Å². The maximum Gasteiger partial charge on any atom is 0.326 e. The van der Waals surface area contributed by atoms with E-state index in [0.29, 0.717) is 6.42 Å². The number of para-hydroxylation sites is 1. The smallest absolute Gasteiger partial charge is 0.326 e. The zero-order chi connectivity index (χ0) is 26.4. The van der Waals surface area contributed by atoms with Gasteiger partial charge in [-0.3, -0.25) is 19.2 Å². The maximum absolute atomic E-state index is 12.9. The van der Waals surface area contributed by atoms with Crippen LogP contribution in [0.25, 0.3) is 10.9 Å². The summed E-state index contributed by atoms with van der Waals surface area (Å²) >= 11 is 0. The minimum atomic E-state index is -1.47. The molecular weight excluding hydrogens is 472 g/mol. The fourth-order valence-corrected chi connectivity index (χ4v) is 4.26. The number of rotatable bonds is 11. The first-order valence-electron chi connectivity index (χ1n) is 11.5. The van der Waals surface area contributed by atoms with Crippen molar-refractivity contribution in [3.05, 3.63) is 36.0 Å². The van der Waals surface area contributed by atoms with Crippen LogP contribution in [-0.4, -0.2) is 87.0 Å². The van der Waals surface area contributed by atoms with Crippen LogP contribution in [0.2, 0.25) is 0 Å². The molecule has 0 saturated carbocycles. The van der Waals surface area contributed by atoms with E-state index in [4.69, 9.17) is 11.5 Å². The predicted molar refractivity (Wildman–Crippen MR) is 127 cm³/mol. The highest BCUT2D eigenvalue weighted by atomic mass is 16.4. The minimum absolute atomic E-state index is 0.143. The van der Waals surface area contributed by atoms with Gasteiger partial charge in [-0.05, 0) is 30.9 Å². The number of H-pyrrole nitrogens is 1. The third kappa shape index (κ3) is 6.17. The molecule has 13 nitrogen and oxygen atoms in total. The SMILES string of the molecule is NC(=O)CC(NC(=O)C(N)Cc1c[nH]c2ccccc12)C(=O)NC(CO)C(=O)N1CCCC1C(=O)O. The van der Waals surface area contributed by atoms with Crippen molar-refractivity contribution in [2.45, 2.75) is 49.9 Å². The van der Waals surface area contributed by atoms with Gasteiger partial charge in [0.05, 0.1) is 19.1 Å². The summed E-state index contributed by atoms with van der Waals surface area (Å²) in [6, 6.07) is 2.39. The number of aliphatic carboxylic acids is 1. The number of hydrogen-bond donors (Lipinski definition) is 7. The second-order valence-corrected chi connectivity index (χ2v) is 8.67. The van der Waals surface area contributed by atoms with Gasteiger partial charge in [0.25, 0.3) is 0 Å². The van der Waals surface area contributed by atoms with Gasteiger partial charge in [-0.1, -0.05) is 18.2 Å². The Labute approximate surface area is 206 Å². The van der Waals surface area contributed by atoms with E-state index in [1.807, 2.05) is 24.3 Å². The highest BCUT2D eigenvalue weighted by Gasteiger charge is 2.38. The van der Waals surface area contributed by atoms with Crippen LogP contribution >= 0.6 is 0 Å². The van der Waals surface area contributed by atoms with E-state index < -0.39 is 66.8 Å². The Bertz CT molecular complexity index is 1150. The van der Waals surface area contributed by atoms with Gasteiger partial charge in [0.15, 0.2) is 0 Å². The zero-order valence-corrected chi connectivity index (χ0v) is 19.5. The van der Waals surface area contributed by atoms with Crippen LogP contribution in [-0.2, 0) is 30.4 Å². The van der Waals surface area contributed by atoms with E-state index in [9.17, 15) is 34.2 Å². The summed E-state index contributed by atoms with van der Waals surface area (Å²) in [5.41, 5.74) is 12.9. The molecular formula is C23H30N6O7. The molecule has 0 spiro atoms. The third-order valence-electron chi connectivity index (χ3n) is 6.11. The first kappa shape index (κ1) is 26.6. The molecule has 1 aliphatic rings. The Morgan fingerprint density at radius 2 is 1.81 bits per heavy atom. The van der Waals surface area contributed by atoms with E-state index in [1.54, 1.807) is 6.20 Å². The summed E-state index contributed by atoms with van der Waals surface area (Å²) in [5.74, 6) is -4.53. The third-order valence-corrected chi connectivity index (χ3v) is 6.11. The van der Waals surface area contributed by atoms with Gasteiger partial charge in [0.1, 0.15) is 18.1 Å². The quantitative estimate of drug-likeness (QED) is 0.181. The lowest BCUT2D eigenvalue weighted by Gasteiger charge is -2.27. The summed E-state index contributed by atoms with van der Waals surface area (Å²) in [5, 5.41) is 24.5. The summed E-state index contributed by atoms with van der Waals surface area (Å²) in [6.07, 6.45) is 2.01. The number of primary amides is 1. The molecule has 1 aromatic heterocycles. The number of benzene rings is 1. The number of nitrogens with zero attached hydrogens (tertiary/aromatic N) is 1. The predicted octanol–water partition coefficient (Wildman–Crippen LogP) is -2.05. The number of aromatic amines is 1. The van der Waals surface area contributed by atoms with Gasteiger partial charge in [-0.15, -0.1) is 0 Å². The van der Waals surface area contributed by atoms with Crippen molar-refractivity contribution in [2.24, 2.45) is 11.5 Å².